The number of hydrogen-bond acceptors (Lipinski definition) is 8. The zero-order valence-electron chi connectivity index (χ0n) is 29.2. The molecule has 1 aromatic heterocycles. The number of imidazole rings is 1. The minimum absolute atomic E-state index is 0.0227. The van der Waals surface area contributed by atoms with Crippen LogP contribution in [0.5, 0.6) is 5.75 Å². The standard InChI is InChI=1S/C35H41Cl2F3N8O5/c1-3-21(8-9-46(19-28(41)49)18-20-15-42-16-20)33(51)47-10-12-48(13-11-47)34(52)23-5-4-22(14-25(23)36)44-32(50)31-43-17-26(45(31)2)24-6-7-27(53-35(39)40)30(38)29(24)37/h4-7,14,17,20-21,35,42H,3,8-13,15-16,18-19H2,1-2H3,(H2,41,49)(H,44,50). The lowest BCUT2D eigenvalue weighted by Gasteiger charge is -2.37. The number of rotatable bonds is 15. The summed E-state index contributed by atoms with van der Waals surface area (Å²) >= 11 is 12.6. The number of aromatic nitrogens is 2. The van der Waals surface area contributed by atoms with Crippen LogP contribution in [-0.4, -0.2) is 113 Å². The van der Waals surface area contributed by atoms with Crippen molar-refractivity contribution in [2.75, 3.05) is 64.2 Å². The first kappa shape index (κ1) is 39.8. The molecule has 2 saturated heterocycles. The van der Waals surface area contributed by atoms with Crippen LogP contribution in [0.2, 0.25) is 10.0 Å². The SMILES string of the molecule is CCC(CCN(CC(N)=O)CC1CNC1)C(=O)N1CCN(C(=O)c2ccc(NC(=O)c3ncc(-c4ccc(OC(F)F)c(F)c4Cl)n3C)cc2Cl)CC1. The van der Waals surface area contributed by atoms with Crippen LogP contribution in [0.25, 0.3) is 11.3 Å². The zero-order chi connectivity index (χ0) is 38.4. The molecule has 13 nitrogen and oxygen atoms in total. The van der Waals surface area contributed by atoms with Gasteiger partial charge in [0.2, 0.25) is 11.8 Å². The summed E-state index contributed by atoms with van der Waals surface area (Å²) < 4.78 is 45.2. The summed E-state index contributed by atoms with van der Waals surface area (Å²) in [5, 5.41) is 5.51. The first-order chi connectivity index (χ1) is 25.3. The monoisotopic (exact) mass is 780 g/mol. The molecule has 53 heavy (non-hydrogen) atoms. The molecule has 2 aliphatic heterocycles. The van der Waals surface area contributed by atoms with Crippen LogP contribution in [0.1, 0.15) is 40.7 Å². The summed E-state index contributed by atoms with van der Waals surface area (Å²) in [5.41, 5.74) is 6.30. The van der Waals surface area contributed by atoms with Crippen molar-refractivity contribution >= 4 is 52.5 Å². The van der Waals surface area contributed by atoms with Crippen molar-refractivity contribution in [2.45, 2.75) is 26.4 Å². The number of hydrogen-bond donors (Lipinski definition) is 3. The van der Waals surface area contributed by atoms with Crippen molar-refractivity contribution in [3.8, 4) is 17.0 Å². The van der Waals surface area contributed by atoms with E-state index in [2.05, 4.69) is 20.4 Å². The number of benzene rings is 2. The molecule has 4 amide bonds. The van der Waals surface area contributed by atoms with Crippen LogP contribution in [0.15, 0.2) is 36.5 Å². The van der Waals surface area contributed by atoms with E-state index >= 15 is 0 Å². The Kier molecular flexibility index (Phi) is 13.2. The van der Waals surface area contributed by atoms with Gasteiger partial charge in [0.15, 0.2) is 17.4 Å². The van der Waals surface area contributed by atoms with Gasteiger partial charge < -0.3 is 35.5 Å². The van der Waals surface area contributed by atoms with Crippen LogP contribution >= 0.6 is 23.2 Å². The molecule has 18 heteroatoms. The molecule has 5 rings (SSSR count). The van der Waals surface area contributed by atoms with Crippen LogP contribution < -0.4 is 21.1 Å². The minimum Gasteiger partial charge on any atom is -0.432 e. The van der Waals surface area contributed by atoms with Crippen LogP contribution in [-0.2, 0) is 16.6 Å². The average Bonchev–Trinajstić information content (AvgIpc) is 3.48. The normalized spacial score (nSPS) is 15.4. The van der Waals surface area contributed by atoms with E-state index in [0.29, 0.717) is 51.5 Å². The number of ether oxygens (including phenoxy) is 1. The summed E-state index contributed by atoms with van der Waals surface area (Å²) in [6, 6.07) is 6.72. The fraction of sp³-hybridized carbons (Fsp3) is 0.457. The van der Waals surface area contributed by atoms with E-state index in [9.17, 15) is 32.3 Å². The Morgan fingerprint density at radius 2 is 1.79 bits per heavy atom. The van der Waals surface area contributed by atoms with Crippen molar-refractivity contribution in [1.82, 2.24) is 29.6 Å². The zero-order valence-corrected chi connectivity index (χ0v) is 30.7. The van der Waals surface area contributed by atoms with E-state index in [1.54, 1.807) is 9.80 Å². The number of primary amides is 1. The molecule has 4 N–H and O–H groups in total. The molecule has 286 valence electrons. The molecule has 0 aliphatic carbocycles. The molecule has 0 radical (unpaired) electrons. The Labute approximate surface area is 314 Å². The lowest BCUT2D eigenvalue weighted by molar-refractivity contribution is -0.137. The van der Waals surface area contributed by atoms with E-state index < -0.39 is 35.0 Å². The molecular weight excluding hydrogens is 740 g/mol. The highest BCUT2D eigenvalue weighted by molar-refractivity contribution is 6.34. The Morgan fingerprint density at radius 1 is 1.09 bits per heavy atom. The second-order valence-corrected chi connectivity index (χ2v) is 13.8. The fourth-order valence-corrected chi connectivity index (χ4v) is 6.95. The van der Waals surface area contributed by atoms with E-state index in [1.807, 2.05) is 11.8 Å². The predicted molar refractivity (Wildman–Crippen MR) is 193 cm³/mol. The van der Waals surface area contributed by atoms with Gasteiger partial charge in [0.25, 0.3) is 11.8 Å². The number of halogens is 5. The smallest absolute Gasteiger partial charge is 0.387 e. The molecule has 2 fully saturated rings. The van der Waals surface area contributed by atoms with Crippen molar-refractivity contribution < 1.29 is 37.1 Å². The number of nitrogens with zero attached hydrogens (tertiary/aromatic N) is 5. The van der Waals surface area contributed by atoms with Crippen molar-refractivity contribution in [1.29, 1.82) is 0 Å². The van der Waals surface area contributed by atoms with Crippen LogP contribution in [0.4, 0.5) is 18.9 Å². The second-order valence-electron chi connectivity index (χ2n) is 13.0. The van der Waals surface area contributed by atoms with Gasteiger partial charge in [0.1, 0.15) is 0 Å². The predicted octanol–water partition coefficient (Wildman–Crippen LogP) is 4.09. The van der Waals surface area contributed by atoms with E-state index in [4.69, 9.17) is 28.9 Å². The number of anilines is 1. The first-order valence-electron chi connectivity index (χ1n) is 17.1. The Morgan fingerprint density at radius 3 is 2.40 bits per heavy atom. The highest BCUT2D eigenvalue weighted by Crippen LogP contribution is 2.35. The Hall–Kier alpha value is -4.38. The molecule has 0 saturated carbocycles. The summed E-state index contributed by atoms with van der Waals surface area (Å²) in [6.45, 7) is 3.39. The lowest BCUT2D eigenvalue weighted by atomic mass is 9.98. The molecule has 0 spiro atoms. The van der Waals surface area contributed by atoms with Crippen molar-refractivity contribution in [3.63, 3.8) is 0 Å². The summed E-state index contributed by atoms with van der Waals surface area (Å²) in [6.07, 6.45) is 2.53. The highest BCUT2D eigenvalue weighted by Gasteiger charge is 2.30. The third-order valence-corrected chi connectivity index (χ3v) is 10.1. The molecule has 0 bridgehead atoms. The fourth-order valence-electron chi connectivity index (χ4n) is 6.44. The topological polar surface area (TPSA) is 155 Å². The van der Waals surface area contributed by atoms with E-state index in [-0.39, 0.29) is 57.6 Å². The summed E-state index contributed by atoms with van der Waals surface area (Å²) in [5.74, 6) is -3.07. The van der Waals surface area contributed by atoms with Crippen LogP contribution in [0.3, 0.4) is 0 Å². The van der Waals surface area contributed by atoms with Gasteiger partial charge in [-0.1, -0.05) is 30.1 Å². The molecule has 1 atom stereocenters. The number of carbonyl (C=O) groups is 4. The summed E-state index contributed by atoms with van der Waals surface area (Å²) in [7, 11) is 1.49. The first-order valence-corrected chi connectivity index (χ1v) is 17.9. The Bertz CT molecular complexity index is 1830. The molecular formula is C35H41Cl2F3N8O5. The number of nitrogens with two attached hydrogens (primary N) is 1. The third-order valence-electron chi connectivity index (χ3n) is 9.46. The van der Waals surface area contributed by atoms with Crippen molar-refractivity contribution in [2.24, 2.45) is 24.6 Å². The van der Waals surface area contributed by atoms with Gasteiger partial charge in [-0.2, -0.15) is 8.78 Å². The molecule has 3 heterocycles. The second kappa shape index (κ2) is 17.6. The lowest BCUT2D eigenvalue weighted by Crippen LogP contribution is -2.52. The van der Waals surface area contributed by atoms with E-state index in [0.717, 1.165) is 25.7 Å². The molecule has 2 aromatic carbocycles. The quantitative estimate of drug-likeness (QED) is 0.209. The van der Waals surface area contributed by atoms with Crippen LogP contribution in [0, 0.1) is 17.7 Å². The largest absolute Gasteiger partial charge is 0.432 e. The Balaban J connectivity index is 1.15. The summed E-state index contributed by atoms with van der Waals surface area (Å²) in [4.78, 5) is 61.2. The maximum atomic E-state index is 14.6. The molecule has 2 aliphatic rings. The van der Waals surface area contributed by atoms with Gasteiger partial charge in [0, 0.05) is 70.0 Å². The maximum absolute atomic E-state index is 14.6. The maximum Gasteiger partial charge on any atom is 0.387 e. The van der Waals surface area contributed by atoms with Gasteiger partial charge in [-0.3, -0.25) is 24.1 Å². The number of carbonyl (C=O) groups excluding carboxylic acids is 4. The van der Waals surface area contributed by atoms with Gasteiger partial charge in [-0.15, -0.1) is 0 Å². The van der Waals surface area contributed by atoms with Gasteiger partial charge in [0.05, 0.1) is 34.0 Å². The molecule has 1 unspecified atom stereocenters. The van der Waals surface area contributed by atoms with E-state index in [1.165, 1.54) is 42.1 Å². The number of piperazine rings is 1. The average molecular weight is 782 g/mol. The number of amides is 4. The molecule has 3 aromatic rings. The number of alkyl halides is 2. The highest BCUT2D eigenvalue weighted by atomic mass is 35.5. The van der Waals surface area contributed by atoms with Gasteiger partial charge in [-0.25, -0.2) is 9.37 Å². The van der Waals surface area contributed by atoms with Gasteiger partial charge in [-0.05, 0) is 55.6 Å². The minimum atomic E-state index is -3.24. The number of nitrogens with one attached hydrogen (secondary N) is 2. The third kappa shape index (κ3) is 9.60. The van der Waals surface area contributed by atoms with Gasteiger partial charge >= 0.3 is 6.61 Å². The van der Waals surface area contributed by atoms with Crippen molar-refractivity contribution in [3.05, 3.63) is 63.8 Å².